The fourth-order valence-electron chi connectivity index (χ4n) is 1.44. The van der Waals surface area contributed by atoms with Crippen molar-refractivity contribution < 1.29 is 29.0 Å². The zero-order valence-electron chi connectivity index (χ0n) is 13.0. The first-order valence-electron chi connectivity index (χ1n) is 6.59. The second kappa shape index (κ2) is 8.72. The van der Waals surface area contributed by atoms with E-state index in [1.54, 1.807) is 0 Å². The summed E-state index contributed by atoms with van der Waals surface area (Å²) in [6, 6.07) is 5.34. The SMILES string of the molecule is COC(=O)c1ccc(C(N)=O)nc1.NC(=O)c1ccc(C(=O)O)cn1. The number of carbonyl (C=O) groups is 4. The van der Waals surface area contributed by atoms with Gasteiger partial charge in [-0.25, -0.2) is 9.59 Å². The third kappa shape index (κ3) is 5.71. The van der Waals surface area contributed by atoms with Crippen LogP contribution in [-0.4, -0.2) is 45.9 Å². The second-order valence-corrected chi connectivity index (χ2v) is 4.39. The van der Waals surface area contributed by atoms with Crippen molar-refractivity contribution in [2.75, 3.05) is 7.11 Å². The summed E-state index contributed by atoms with van der Waals surface area (Å²) in [6.45, 7) is 0. The monoisotopic (exact) mass is 346 g/mol. The van der Waals surface area contributed by atoms with Gasteiger partial charge in [-0.2, -0.15) is 0 Å². The van der Waals surface area contributed by atoms with Crippen LogP contribution in [0.5, 0.6) is 0 Å². The Bertz CT molecular complexity index is 754. The molecule has 0 aliphatic carbocycles. The first-order valence-corrected chi connectivity index (χ1v) is 6.59. The fourth-order valence-corrected chi connectivity index (χ4v) is 1.44. The van der Waals surface area contributed by atoms with Crippen molar-refractivity contribution in [2.24, 2.45) is 11.5 Å². The van der Waals surface area contributed by atoms with Crippen LogP contribution >= 0.6 is 0 Å². The fraction of sp³-hybridized carbons (Fsp3) is 0.0667. The molecular weight excluding hydrogens is 332 g/mol. The van der Waals surface area contributed by atoms with Crippen molar-refractivity contribution in [1.82, 2.24) is 9.97 Å². The number of primary amides is 2. The number of esters is 1. The third-order valence-electron chi connectivity index (χ3n) is 2.70. The van der Waals surface area contributed by atoms with Crippen molar-refractivity contribution in [2.45, 2.75) is 0 Å². The maximum absolute atomic E-state index is 10.9. The van der Waals surface area contributed by atoms with Gasteiger partial charge in [0.1, 0.15) is 11.4 Å². The first-order chi connectivity index (χ1) is 11.8. The van der Waals surface area contributed by atoms with E-state index < -0.39 is 23.8 Å². The maximum atomic E-state index is 10.9. The number of methoxy groups -OCH3 is 1. The van der Waals surface area contributed by atoms with Gasteiger partial charge in [0.25, 0.3) is 11.8 Å². The molecule has 2 aromatic heterocycles. The summed E-state index contributed by atoms with van der Waals surface area (Å²) in [4.78, 5) is 49.5. The van der Waals surface area contributed by atoms with E-state index in [1.165, 1.54) is 37.6 Å². The van der Waals surface area contributed by atoms with E-state index in [1.807, 2.05) is 0 Å². The Morgan fingerprint density at radius 1 is 0.880 bits per heavy atom. The molecule has 0 saturated carbocycles. The van der Waals surface area contributed by atoms with E-state index in [-0.39, 0.29) is 22.5 Å². The number of carboxylic acids is 1. The number of aromatic carboxylic acids is 1. The minimum Gasteiger partial charge on any atom is -0.478 e. The smallest absolute Gasteiger partial charge is 0.339 e. The number of nitrogens with two attached hydrogens (primary N) is 2. The molecule has 0 fully saturated rings. The summed E-state index contributed by atoms with van der Waals surface area (Å²) < 4.78 is 4.44. The number of carbonyl (C=O) groups excluding carboxylic acids is 3. The number of hydrogen-bond donors (Lipinski definition) is 3. The van der Waals surface area contributed by atoms with Gasteiger partial charge in [-0.1, -0.05) is 0 Å². The van der Waals surface area contributed by atoms with Gasteiger partial charge < -0.3 is 21.3 Å². The highest BCUT2D eigenvalue weighted by molar-refractivity contribution is 5.93. The van der Waals surface area contributed by atoms with Gasteiger partial charge in [0.05, 0.1) is 18.2 Å². The molecule has 0 saturated heterocycles. The third-order valence-corrected chi connectivity index (χ3v) is 2.70. The van der Waals surface area contributed by atoms with Crippen LogP contribution in [0, 0.1) is 0 Å². The summed E-state index contributed by atoms with van der Waals surface area (Å²) in [5.74, 6) is -2.88. The van der Waals surface area contributed by atoms with Crippen molar-refractivity contribution in [1.29, 1.82) is 0 Å². The van der Waals surface area contributed by atoms with Crippen LogP contribution in [0.3, 0.4) is 0 Å². The maximum Gasteiger partial charge on any atom is 0.339 e. The lowest BCUT2D eigenvalue weighted by Gasteiger charge is -1.98. The highest BCUT2D eigenvalue weighted by atomic mass is 16.5. The lowest BCUT2D eigenvalue weighted by Crippen LogP contribution is -2.13. The number of pyridine rings is 2. The number of ether oxygens (including phenoxy) is 1. The quantitative estimate of drug-likeness (QED) is 0.640. The van der Waals surface area contributed by atoms with E-state index in [0.717, 1.165) is 6.20 Å². The molecule has 0 spiro atoms. The zero-order chi connectivity index (χ0) is 19.0. The Morgan fingerprint density at radius 3 is 1.60 bits per heavy atom. The molecule has 0 radical (unpaired) electrons. The highest BCUT2D eigenvalue weighted by Gasteiger charge is 2.07. The molecular formula is C15H14N4O6. The Kier molecular flexibility index (Phi) is 6.71. The van der Waals surface area contributed by atoms with E-state index in [4.69, 9.17) is 16.6 Å². The van der Waals surface area contributed by atoms with Crippen molar-refractivity contribution >= 4 is 23.8 Å². The predicted molar refractivity (Wildman–Crippen MR) is 83.8 cm³/mol. The molecule has 0 unspecified atom stereocenters. The molecule has 0 bridgehead atoms. The van der Waals surface area contributed by atoms with Gasteiger partial charge in [0, 0.05) is 12.4 Å². The summed E-state index contributed by atoms with van der Waals surface area (Å²) in [6.07, 6.45) is 2.33. The van der Waals surface area contributed by atoms with Gasteiger partial charge >= 0.3 is 11.9 Å². The van der Waals surface area contributed by atoms with Gasteiger partial charge in [-0.3, -0.25) is 19.6 Å². The van der Waals surface area contributed by atoms with Gasteiger partial charge in [0.15, 0.2) is 0 Å². The van der Waals surface area contributed by atoms with Crippen LogP contribution in [0.4, 0.5) is 0 Å². The molecule has 2 heterocycles. The minimum atomic E-state index is -1.08. The standard InChI is InChI=1S/C8H8N2O3.C7H6N2O3/c1-13-8(12)5-2-3-6(7(9)11)10-4-5;8-6(10)5-2-1-4(3-9-5)7(11)12/h2-4H,1H3,(H2,9,11);1-3H,(H2,8,10)(H,11,12). The van der Waals surface area contributed by atoms with Gasteiger partial charge in [-0.05, 0) is 24.3 Å². The Morgan fingerprint density at radius 2 is 1.32 bits per heavy atom. The number of amides is 2. The molecule has 0 atom stereocenters. The number of nitrogens with zero attached hydrogens (tertiary/aromatic N) is 2. The molecule has 0 aliphatic rings. The predicted octanol–water partition coefficient (Wildman–Crippen LogP) is -0.154. The largest absolute Gasteiger partial charge is 0.478 e. The molecule has 25 heavy (non-hydrogen) atoms. The first kappa shape index (κ1) is 19.2. The van der Waals surface area contributed by atoms with Crippen LogP contribution in [0.25, 0.3) is 0 Å². The number of hydrogen-bond acceptors (Lipinski definition) is 7. The average Bonchev–Trinajstić information content (AvgIpc) is 2.61. The summed E-state index contributed by atoms with van der Waals surface area (Å²) in [5, 5.41) is 8.46. The van der Waals surface area contributed by atoms with Crippen LogP contribution in [0.1, 0.15) is 41.7 Å². The number of aromatic nitrogens is 2. The van der Waals surface area contributed by atoms with E-state index in [0.29, 0.717) is 0 Å². The molecule has 2 amide bonds. The zero-order valence-corrected chi connectivity index (χ0v) is 13.0. The summed E-state index contributed by atoms with van der Waals surface area (Å²) in [7, 11) is 1.27. The molecule has 2 aromatic rings. The lowest BCUT2D eigenvalue weighted by atomic mass is 10.2. The molecule has 5 N–H and O–H groups in total. The van der Waals surface area contributed by atoms with Crippen LogP contribution in [-0.2, 0) is 4.74 Å². The average molecular weight is 346 g/mol. The Labute approximate surface area is 141 Å². The molecule has 0 aliphatic heterocycles. The van der Waals surface area contributed by atoms with E-state index >= 15 is 0 Å². The summed E-state index contributed by atoms with van der Waals surface area (Å²) in [5.41, 5.74) is 10.3. The topological polar surface area (TPSA) is 176 Å². The van der Waals surface area contributed by atoms with Crippen molar-refractivity contribution in [3.63, 3.8) is 0 Å². The van der Waals surface area contributed by atoms with E-state index in [9.17, 15) is 19.2 Å². The van der Waals surface area contributed by atoms with Crippen LogP contribution in [0.15, 0.2) is 36.7 Å². The minimum absolute atomic E-state index is 0.0278. The Hall–Kier alpha value is -3.82. The second-order valence-electron chi connectivity index (χ2n) is 4.39. The van der Waals surface area contributed by atoms with Crippen LogP contribution in [0.2, 0.25) is 0 Å². The number of rotatable bonds is 4. The molecule has 130 valence electrons. The normalized spacial score (nSPS) is 9.32. The molecule has 2 rings (SSSR count). The summed E-state index contributed by atoms with van der Waals surface area (Å²) >= 11 is 0. The van der Waals surface area contributed by atoms with Gasteiger partial charge in [0.2, 0.25) is 0 Å². The Balaban J connectivity index is 0.000000251. The lowest BCUT2D eigenvalue weighted by molar-refractivity contribution is 0.0598. The van der Waals surface area contributed by atoms with Gasteiger partial charge in [-0.15, -0.1) is 0 Å². The molecule has 10 nitrogen and oxygen atoms in total. The van der Waals surface area contributed by atoms with E-state index in [2.05, 4.69) is 14.7 Å². The van der Waals surface area contributed by atoms with Crippen LogP contribution < -0.4 is 11.5 Å². The molecule has 0 aromatic carbocycles. The van der Waals surface area contributed by atoms with Crippen molar-refractivity contribution in [3.05, 3.63) is 59.2 Å². The van der Waals surface area contributed by atoms with Crippen molar-refractivity contribution in [3.8, 4) is 0 Å². The highest BCUT2D eigenvalue weighted by Crippen LogP contribution is 2.01. The molecule has 10 heteroatoms. The number of carboxylic acid groups (broad SMARTS) is 1.